The van der Waals surface area contributed by atoms with Crippen LogP contribution in [0.2, 0.25) is 0 Å². The lowest BCUT2D eigenvalue weighted by Gasteiger charge is -2.00. The number of aliphatic hydroxyl groups excluding tert-OH is 1. The summed E-state index contributed by atoms with van der Waals surface area (Å²) in [6.45, 7) is 0.255. The molecule has 2 N–H and O–H groups in total. The highest BCUT2D eigenvalue weighted by Gasteiger charge is 2.08. The van der Waals surface area contributed by atoms with Crippen molar-refractivity contribution < 1.29 is 14.3 Å². The van der Waals surface area contributed by atoms with Crippen LogP contribution >= 0.6 is 11.3 Å². The molecule has 0 unspecified atom stereocenters. The molecule has 0 aliphatic rings. The molecule has 0 bridgehead atoms. The minimum Gasteiger partial charge on any atom is -0.472 e. The average Bonchev–Trinajstić information content (AvgIpc) is 3.04. The zero-order chi connectivity index (χ0) is 12.8. The van der Waals surface area contributed by atoms with Crippen LogP contribution in [0.25, 0.3) is 0 Å². The van der Waals surface area contributed by atoms with Gasteiger partial charge >= 0.3 is 0 Å². The van der Waals surface area contributed by atoms with Gasteiger partial charge in [-0.2, -0.15) is 0 Å². The molecule has 0 saturated heterocycles. The Morgan fingerprint density at radius 1 is 1.44 bits per heavy atom. The van der Waals surface area contributed by atoms with Gasteiger partial charge in [-0.1, -0.05) is 11.8 Å². The number of amides is 1. The van der Waals surface area contributed by atoms with Crippen molar-refractivity contribution in [3.05, 3.63) is 46.0 Å². The van der Waals surface area contributed by atoms with E-state index in [0.29, 0.717) is 11.4 Å². The number of hydrogen-bond acceptors (Lipinski definition) is 4. The summed E-state index contributed by atoms with van der Waals surface area (Å²) in [5.74, 6) is 5.17. The molecule has 92 valence electrons. The van der Waals surface area contributed by atoms with Gasteiger partial charge < -0.3 is 14.8 Å². The second-order valence-electron chi connectivity index (χ2n) is 3.44. The molecule has 5 heteroatoms. The fourth-order valence-corrected chi connectivity index (χ4v) is 2.11. The van der Waals surface area contributed by atoms with E-state index in [4.69, 9.17) is 9.52 Å². The van der Waals surface area contributed by atoms with Crippen LogP contribution in [0.15, 0.2) is 35.1 Å². The molecule has 18 heavy (non-hydrogen) atoms. The van der Waals surface area contributed by atoms with Crippen LogP contribution in [0, 0.1) is 11.8 Å². The third-order valence-corrected chi connectivity index (χ3v) is 3.15. The van der Waals surface area contributed by atoms with Crippen molar-refractivity contribution >= 4 is 17.2 Å². The molecule has 2 aromatic heterocycles. The Labute approximate surface area is 108 Å². The van der Waals surface area contributed by atoms with Gasteiger partial charge in [0.2, 0.25) is 0 Å². The molecule has 0 radical (unpaired) electrons. The number of hydrogen-bond donors (Lipinski definition) is 2. The number of rotatable bonds is 3. The zero-order valence-electron chi connectivity index (χ0n) is 9.47. The minimum atomic E-state index is -0.181. The van der Waals surface area contributed by atoms with Gasteiger partial charge in [-0.05, 0) is 18.2 Å². The van der Waals surface area contributed by atoms with Crippen molar-refractivity contribution in [3.63, 3.8) is 0 Å². The van der Waals surface area contributed by atoms with Crippen molar-refractivity contribution in [2.24, 2.45) is 0 Å². The van der Waals surface area contributed by atoms with Crippen molar-refractivity contribution in [2.75, 3.05) is 6.61 Å². The Hall–Kier alpha value is -2.03. The zero-order valence-corrected chi connectivity index (χ0v) is 10.3. The molecule has 0 aromatic carbocycles. The Balaban J connectivity index is 1.94. The van der Waals surface area contributed by atoms with Gasteiger partial charge in [-0.15, -0.1) is 11.3 Å². The maximum atomic E-state index is 11.8. The molecule has 0 aliphatic heterocycles. The lowest BCUT2D eigenvalue weighted by atomic mass is 10.3. The summed E-state index contributed by atoms with van der Waals surface area (Å²) in [4.78, 5) is 13.2. The van der Waals surface area contributed by atoms with E-state index in [1.807, 2.05) is 0 Å². The van der Waals surface area contributed by atoms with Gasteiger partial charge in [0, 0.05) is 12.1 Å². The van der Waals surface area contributed by atoms with E-state index in [-0.39, 0.29) is 12.5 Å². The summed E-state index contributed by atoms with van der Waals surface area (Å²) >= 11 is 1.30. The van der Waals surface area contributed by atoms with E-state index in [0.717, 1.165) is 10.4 Å². The molecule has 0 spiro atoms. The molecule has 2 aromatic rings. The Morgan fingerprint density at radius 3 is 3.06 bits per heavy atom. The summed E-state index contributed by atoms with van der Waals surface area (Å²) < 4.78 is 4.91. The van der Waals surface area contributed by atoms with Crippen LogP contribution in [0.5, 0.6) is 0 Å². The van der Waals surface area contributed by atoms with Crippen LogP contribution in [0.1, 0.15) is 20.1 Å². The van der Waals surface area contributed by atoms with Crippen molar-refractivity contribution in [3.8, 4) is 11.8 Å². The van der Waals surface area contributed by atoms with E-state index < -0.39 is 0 Å². The fraction of sp³-hybridized carbons (Fsp3) is 0.154. The van der Waals surface area contributed by atoms with Gasteiger partial charge in [-0.3, -0.25) is 4.79 Å². The van der Waals surface area contributed by atoms with Crippen LogP contribution < -0.4 is 5.32 Å². The summed E-state index contributed by atoms with van der Waals surface area (Å²) in [5.41, 5.74) is 0.917. The first-order valence-electron chi connectivity index (χ1n) is 5.28. The number of carbonyl (C=O) groups is 1. The second kappa shape index (κ2) is 6.05. The van der Waals surface area contributed by atoms with Gasteiger partial charge in [-0.25, -0.2) is 0 Å². The third kappa shape index (κ3) is 3.23. The topological polar surface area (TPSA) is 62.5 Å². The number of thiophene rings is 1. The number of aliphatic hydroxyl groups is 1. The highest BCUT2D eigenvalue weighted by molar-refractivity contribution is 7.14. The van der Waals surface area contributed by atoms with E-state index in [1.54, 1.807) is 30.7 Å². The van der Waals surface area contributed by atoms with Gasteiger partial charge in [0.15, 0.2) is 0 Å². The second-order valence-corrected chi connectivity index (χ2v) is 4.52. The molecule has 1 amide bonds. The first-order valence-corrected chi connectivity index (χ1v) is 6.10. The van der Waals surface area contributed by atoms with Gasteiger partial charge in [0.1, 0.15) is 6.61 Å². The molecule has 0 aliphatic carbocycles. The lowest BCUT2D eigenvalue weighted by Crippen LogP contribution is -2.21. The van der Waals surface area contributed by atoms with Crippen molar-refractivity contribution in [1.82, 2.24) is 5.32 Å². The fourth-order valence-electron chi connectivity index (χ4n) is 1.32. The lowest BCUT2D eigenvalue weighted by molar-refractivity contribution is 0.0955. The molecule has 0 fully saturated rings. The highest BCUT2D eigenvalue weighted by atomic mass is 32.1. The van der Waals surface area contributed by atoms with E-state index in [1.165, 1.54) is 11.3 Å². The molecule has 0 saturated carbocycles. The number of nitrogens with one attached hydrogen (secondary N) is 1. The van der Waals surface area contributed by atoms with Crippen molar-refractivity contribution in [2.45, 2.75) is 6.54 Å². The summed E-state index contributed by atoms with van der Waals surface area (Å²) in [5, 5.41) is 11.4. The number of carbonyl (C=O) groups excluding carboxylic acids is 1. The first kappa shape index (κ1) is 12.4. The van der Waals surface area contributed by atoms with Crippen LogP contribution in [-0.4, -0.2) is 17.6 Å². The van der Waals surface area contributed by atoms with E-state index >= 15 is 0 Å². The molecular weight excluding hydrogens is 250 g/mol. The molecule has 4 nitrogen and oxygen atoms in total. The Bertz CT molecular complexity index is 575. The monoisotopic (exact) mass is 261 g/mol. The maximum Gasteiger partial charge on any atom is 0.261 e. The SMILES string of the molecule is O=C(NCc1ccoc1)c1ccc(C#CCO)s1. The third-order valence-electron chi connectivity index (χ3n) is 2.15. The summed E-state index contributed by atoms with van der Waals surface area (Å²) in [7, 11) is 0. The summed E-state index contributed by atoms with van der Waals surface area (Å²) in [6.07, 6.45) is 3.15. The standard InChI is InChI=1S/C13H11NO3S/c15-6-1-2-11-3-4-12(18-11)13(16)14-8-10-5-7-17-9-10/h3-5,7,9,15H,6,8H2,(H,14,16). The Morgan fingerprint density at radius 2 is 2.33 bits per heavy atom. The minimum absolute atomic E-state index is 0.141. The molecular formula is C13H11NO3S. The van der Waals surface area contributed by atoms with Crippen molar-refractivity contribution in [1.29, 1.82) is 0 Å². The summed E-state index contributed by atoms with van der Waals surface area (Å²) in [6, 6.07) is 5.28. The predicted octanol–water partition coefficient (Wildman–Crippen LogP) is 1.61. The van der Waals surface area contributed by atoms with Crippen LogP contribution in [-0.2, 0) is 6.54 Å². The number of furan rings is 1. The largest absolute Gasteiger partial charge is 0.472 e. The van der Waals surface area contributed by atoms with Gasteiger partial charge in [0.25, 0.3) is 5.91 Å². The molecule has 0 atom stereocenters. The average molecular weight is 261 g/mol. The highest BCUT2D eigenvalue weighted by Crippen LogP contribution is 2.15. The maximum absolute atomic E-state index is 11.8. The normalized spacial score (nSPS) is 9.61. The predicted molar refractivity (Wildman–Crippen MR) is 68.2 cm³/mol. The van der Waals surface area contributed by atoms with E-state index in [2.05, 4.69) is 17.2 Å². The smallest absolute Gasteiger partial charge is 0.261 e. The van der Waals surface area contributed by atoms with Crippen LogP contribution in [0.4, 0.5) is 0 Å². The van der Waals surface area contributed by atoms with E-state index in [9.17, 15) is 4.79 Å². The first-order chi connectivity index (χ1) is 8.79. The quantitative estimate of drug-likeness (QED) is 0.825. The van der Waals surface area contributed by atoms with Crippen LogP contribution in [0.3, 0.4) is 0 Å². The Kier molecular flexibility index (Phi) is 4.18. The van der Waals surface area contributed by atoms with Gasteiger partial charge in [0.05, 0.1) is 22.3 Å². The molecule has 2 heterocycles. The molecule has 2 rings (SSSR count).